The first-order chi connectivity index (χ1) is 7.56. The van der Waals surface area contributed by atoms with E-state index in [9.17, 15) is 52.8 Å². The molecule has 1 atom stereocenters. The van der Waals surface area contributed by atoms with Gasteiger partial charge in [0.1, 0.15) is 0 Å². The van der Waals surface area contributed by atoms with Gasteiger partial charge in [0.05, 0.1) is 0 Å². The highest BCUT2D eigenvalue weighted by molar-refractivity contribution is 4.92. The zero-order chi connectivity index (χ0) is 15.2. The van der Waals surface area contributed by atoms with Crippen molar-refractivity contribution < 1.29 is 52.8 Å². The van der Waals surface area contributed by atoms with Crippen LogP contribution < -0.4 is 0 Å². The van der Waals surface area contributed by atoms with Crippen LogP contribution in [0.4, 0.5) is 52.8 Å². The molecule has 1 nitrogen and oxygen atoms in total. The molecule has 0 saturated carbocycles. The highest BCUT2D eigenvalue weighted by Gasteiger charge is 2.74. The molecule has 0 heterocycles. The van der Waals surface area contributed by atoms with Gasteiger partial charge in [-0.1, -0.05) is 0 Å². The Kier molecular flexibility index (Phi) is 4.13. The Labute approximate surface area is 89.9 Å². The van der Waals surface area contributed by atoms with Gasteiger partial charge in [-0.15, -0.1) is 4.48 Å². The minimum atomic E-state index is -6.91. The number of rotatable bonds is 3. The molecule has 1 unspecified atom stereocenters. The maximum absolute atomic E-state index is 12.2. The lowest BCUT2D eigenvalue weighted by Crippen LogP contribution is -2.60. The number of hydrogen-bond acceptors (Lipinski definition) is 1. The van der Waals surface area contributed by atoms with Crippen molar-refractivity contribution in [1.29, 1.82) is 0 Å². The molecule has 0 saturated heterocycles. The molecule has 0 spiro atoms. The minimum Gasteiger partial charge on any atom is -0.232 e. The Morgan fingerprint density at radius 3 is 1.28 bits per heavy atom. The lowest BCUT2D eigenvalue weighted by Gasteiger charge is -2.31. The summed E-state index contributed by atoms with van der Waals surface area (Å²) in [6.07, 6.45) is -19.4. The van der Waals surface area contributed by atoms with E-state index < -0.39 is 35.7 Å². The first-order valence-corrected chi connectivity index (χ1v) is 3.55. The molecule has 13 heteroatoms. The van der Waals surface area contributed by atoms with Gasteiger partial charge in [-0.25, -0.2) is 4.39 Å². The summed E-state index contributed by atoms with van der Waals surface area (Å²) in [5.74, 6) is -6.87. The molecule has 0 rings (SSSR count). The molecule has 0 aromatic rings. The summed E-state index contributed by atoms with van der Waals surface area (Å²) in [5.41, 5.74) is 0. The van der Waals surface area contributed by atoms with E-state index in [1.807, 2.05) is 0 Å². The first kappa shape index (κ1) is 17.1. The topological polar surface area (TPSA) is 3.24 Å². The Bertz CT molecular complexity index is 288. The third-order valence-corrected chi connectivity index (χ3v) is 1.49. The molecule has 0 radical (unpaired) electrons. The highest BCUT2D eigenvalue weighted by Crippen LogP contribution is 2.47. The SMILES string of the molecule is FC(C(F)(F)N(F)C(F)(F)F)C(F)(F)C(F)(F)F. The molecule has 0 aliphatic rings. The van der Waals surface area contributed by atoms with Crippen LogP contribution in [-0.2, 0) is 0 Å². The van der Waals surface area contributed by atoms with Crippen LogP contribution in [-0.4, -0.2) is 35.7 Å². The van der Waals surface area contributed by atoms with Crippen LogP contribution in [0.25, 0.3) is 0 Å². The van der Waals surface area contributed by atoms with Crippen molar-refractivity contribution in [2.45, 2.75) is 30.6 Å². The average molecular weight is 303 g/mol. The quantitative estimate of drug-likeness (QED) is 0.435. The first-order valence-electron chi connectivity index (χ1n) is 3.55. The van der Waals surface area contributed by atoms with Crippen molar-refractivity contribution in [2.24, 2.45) is 0 Å². The van der Waals surface area contributed by atoms with Gasteiger partial charge < -0.3 is 0 Å². The fourth-order valence-corrected chi connectivity index (χ4v) is 0.630. The number of alkyl halides is 11. The molecule has 18 heavy (non-hydrogen) atoms. The van der Waals surface area contributed by atoms with E-state index in [2.05, 4.69) is 0 Å². The fourth-order valence-electron chi connectivity index (χ4n) is 0.630. The second-order valence-corrected chi connectivity index (χ2v) is 2.82. The van der Waals surface area contributed by atoms with Gasteiger partial charge in [0, 0.05) is 5.12 Å². The van der Waals surface area contributed by atoms with Crippen LogP contribution >= 0.6 is 0 Å². The summed E-state index contributed by atoms with van der Waals surface area (Å²) >= 11 is 0. The third-order valence-electron chi connectivity index (χ3n) is 1.49. The molecular weight excluding hydrogens is 302 g/mol. The van der Waals surface area contributed by atoms with Gasteiger partial charge in [-0.05, 0) is 0 Å². The van der Waals surface area contributed by atoms with Crippen molar-refractivity contribution >= 4 is 0 Å². The van der Waals surface area contributed by atoms with Crippen LogP contribution in [0.15, 0.2) is 0 Å². The predicted octanol–water partition coefficient (Wildman–Crippen LogP) is 3.82. The molecule has 0 aliphatic carbocycles. The summed E-state index contributed by atoms with van der Waals surface area (Å²) < 4.78 is 141. The lowest BCUT2D eigenvalue weighted by molar-refractivity contribution is -0.434. The van der Waals surface area contributed by atoms with E-state index in [1.165, 1.54) is 0 Å². The zero-order valence-corrected chi connectivity index (χ0v) is 7.56. The maximum atomic E-state index is 12.2. The Balaban J connectivity index is 5.39. The molecular formula is C5HF12N. The van der Waals surface area contributed by atoms with Gasteiger partial charge >= 0.3 is 24.4 Å². The monoisotopic (exact) mass is 303 g/mol. The molecule has 0 aromatic carbocycles. The Hall–Kier alpha value is -0.880. The predicted molar refractivity (Wildman–Crippen MR) is 29.8 cm³/mol. The number of hydrogen-bond donors (Lipinski definition) is 0. The Morgan fingerprint density at radius 2 is 1.06 bits per heavy atom. The largest absolute Gasteiger partial charge is 0.492 e. The fraction of sp³-hybridized carbons (Fsp3) is 1.00. The highest BCUT2D eigenvalue weighted by atomic mass is 19.4. The van der Waals surface area contributed by atoms with E-state index in [4.69, 9.17) is 0 Å². The maximum Gasteiger partial charge on any atom is 0.492 e. The van der Waals surface area contributed by atoms with E-state index in [0.29, 0.717) is 0 Å². The van der Waals surface area contributed by atoms with Crippen molar-refractivity contribution in [3.8, 4) is 0 Å². The van der Waals surface area contributed by atoms with E-state index >= 15 is 0 Å². The van der Waals surface area contributed by atoms with Crippen LogP contribution in [0.2, 0.25) is 0 Å². The van der Waals surface area contributed by atoms with Crippen molar-refractivity contribution in [3.63, 3.8) is 0 Å². The van der Waals surface area contributed by atoms with Gasteiger partial charge in [-0.2, -0.15) is 43.9 Å². The van der Waals surface area contributed by atoms with Crippen LogP contribution in [0, 0.1) is 0 Å². The smallest absolute Gasteiger partial charge is 0.232 e. The standard InChI is InChI=1S/C5HF12N/c6-1(2(7,8)4(11,12)13)3(9,10)18(17)5(14,15)16/h1H. The van der Waals surface area contributed by atoms with Gasteiger partial charge in [-0.3, -0.25) is 0 Å². The summed E-state index contributed by atoms with van der Waals surface area (Å²) in [7, 11) is 0. The Morgan fingerprint density at radius 1 is 0.722 bits per heavy atom. The molecule has 0 fully saturated rings. The summed E-state index contributed by atoms with van der Waals surface area (Å²) in [6.45, 7) is 0. The van der Waals surface area contributed by atoms with Crippen LogP contribution in [0.5, 0.6) is 0 Å². The van der Waals surface area contributed by atoms with Crippen LogP contribution in [0.1, 0.15) is 0 Å². The molecule has 0 aromatic heterocycles. The van der Waals surface area contributed by atoms with E-state index in [1.54, 1.807) is 0 Å². The molecule has 0 amide bonds. The van der Waals surface area contributed by atoms with Gasteiger partial charge in [0.25, 0.3) is 6.17 Å². The van der Waals surface area contributed by atoms with Gasteiger partial charge in [0.15, 0.2) is 0 Å². The summed E-state index contributed by atoms with van der Waals surface area (Å²) in [5, 5.41) is -3.66. The van der Waals surface area contributed by atoms with Crippen molar-refractivity contribution in [3.05, 3.63) is 0 Å². The summed E-state index contributed by atoms with van der Waals surface area (Å²) in [4.78, 5) is 0. The third kappa shape index (κ3) is 2.92. The molecule has 0 N–H and O–H groups in total. The molecule has 0 aliphatic heterocycles. The lowest BCUT2D eigenvalue weighted by atomic mass is 10.1. The molecule has 110 valence electrons. The average Bonchev–Trinajstić information content (AvgIpc) is 2.11. The van der Waals surface area contributed by atoms with E-state index in [-0.39, 0.29) is 0 Å². The normalized spacial score (nSPS) is 17.2. The summed E-state index contributed by atoms with van der Waals surface area (Å²) in [6, 6.07) is -6.75. The number of nitrogens with zero attached hydrogens (tertiary/aromatic N) is 1. The van der Waals surface area contributed by atoms with Gasteiger partial charge in [0.2, 0.25) is 0 Å². The second-order valence-electron chi connectivity index (χ2n) is 2.82. The van der Waals surface area contributed by atoms with E-state index in [0.717, 1.165) is 0 Å². The second kappa shape index (κ2) is 4.35. The molecule has 0 bridgehead atoms. The van der Waals surface area contributed by atoms with Crippen molar-refractivity contribution in [1.82, 2.24) is 5.12 Å². The zero-order valence-electron chi connectivity index (χ0n) is 7.56. The number of halogens is 12. The van der Waals surface area contributed by atoms with Crippen LogP contribution in [0.3, 0.4) is 0 Å². The minimum absolute atomic E-state index is 3.66. The van der Waals surface area contributed by atoms with Crippen molar-refractivity contribution in [2.75, 3.05) is 0 Å².